The number of carbonyl (C=O) groups is 1. The molecule has 0 bridgehead atoms. The first-order chi connectivity index (χ1) is 14.2. The third kappa shape index (κ3) is 6.21. The number of ketones is 1. The van der Waals surface area contributed by atoms with Gasteiger partial charge in [0.15, 0.2) is 5.78 Å². The molecule has 5 heteroatoms. The molecule has 0 atom stereocenters. The van der Waals surface area contributed by atoms with Crippen molar-refractivity contribution in [3.8, 4) is 5.75 Å². The van der Waals surface area contributed by atoms with E-state index in [1.807, 2.05) is 12.1 Å². The van der Waals surface area contributed by atoms with Gasteiger partial charge in [-0.25, -0.2) is 4.98 Å². The molecule has 29 heavy (non-hydrogen) atoms. The maximum atomic E-state index is 11.4. The molecular weight excluding hydrogens is 362 g/mol. The molecule has 1 aromatic heterocycles. The van der Waals surface area contributed by atoms with Crippen molar-refractivity contribution in [1.29, 1.82) is 0 Å². The molecule has 1 aromatic carbocycles. The van der Waals surface area contributed by atoms with Gasteiger partial charge in [-0.05, 0) is 49.7 Å². The molecule has 0 spiro atoms. The highest BCUT2D eigenvalue weighted by molar-refractivity contribution is 5.93. The van der Waals surface area contributed by atoms with Crippen LogP contribution in [0.4, 0.5) is 11.5 Å². The Morgan fingerprint density at radius 3 is 2.24 bits per heavy atom. The van der Waals surface area contributed by atoms with Crippen molar-refractivity contribution >= 4 is 17.3 Å². The zero-order chi connectivity index (χ0) is 20.5. The van der Waals surface area contributed by atoms with Gasteiger partial charge in [0.25, 0.3) is 0 Å². The summed E-state index contributed by atoms with van der Waals surface area (Å²) in [7, 11) is 0. The van der Waals surface area contributed by atoms with Gasteiger partial charge in [0.2, 0.25) is 0 Å². The SMILES string of the molecule is CCCCCCCOc1ccc(N2CCN(c3ccc(C(C)=O)cn3)CC2)cc1. The van der Waals surface area contributed by atoms with Crippen LogP contribution < -0.4 is 14.5 Å². The molecule has 1 aliphatic heterocycles. The highest BCUT2D eigenvalue weighted by atomic mass is 16.5. The normalized spacial score (nSPS) is 14.1. The Balaban J connectivity index is 1.44. The largest absolute Gasteiger partial charge is 0.494 e. The summed E-state index contributed by atoms with van der Waals surface area (Å²) in [4.78, 5) is 20.5. The van der Waals surface area contributed by atoms with Crippen LogP contribution in [-0.2, 0) is 0 Å². The average molecular weight is 396 g/mol. The van der Waals surface area contributed by atoms with Crippen LogP contribution in [0.5, 0.6) is 5.75 Å². The highest BCUT2D eigenvalue weighted by Crippen LogP contribution is 2.22. The number of piperazine rings is 1. The molecule has 5 nitrogen and oxygen atoms in total. The average Bonchev–Trinajstić information content (AvgIpc) is 2.77. The minimum absolute atomic E-state index is 0.0535. The Labute approximate surface area is 174 Å². The number of benzene rings is 1. The van der Waals surface area contributed by atoms with Crippen LogP contribution >= 0.6 is 0 Å². The van der Waals surface area contributed by atoms with Crippen molar-refractivity contribution in [2.45, 2.75) is 46.0 Å². The minimum Gasteiger partial charge on any atom is -0.494 e. The first-order valence-electron chi connectivity index (χ1n) is 10.9. The van der Waals surface area contributed by atoms with Gasteiger partial charge in [-0.15, -0.1) is 0 Å². The number of ether oxygens (including phenoxy) is 1. The predicted octanol–water partition coefficient (Wildman–Crippen LogP) is 4.96. The van der Waals surface area contributed by atoms with Gasteiger partial charge in [0, 0.05) is 43.6 Å². The summed E-state index contributed by atoms with van der Waals surface area (Å²) >= 11 is 0. The monoisotopic (exact) mass is 395 g/mol. The number of rotatable bonds is 10. The van der Waals surface area contributed by atoms with Gasteiger partial charge in [-0.3, -0.25) is 4.79 Å². The molecule has 0 aliphatic carbocycles. The molecule has 0 radical (unpaired) electrons. The Morgan fingerprint density at radius 2 is 1.62 bits per heavy atom. The van der Waals surface area contributed by atoms with Crippen LogP contribution in [0.25, 0.3) is 0 Å². The van der Waals surface area contributed by atoms with Gasteiger partial charge in [0.05, 0.1) is 6.61 Å². The topological polar surface area (TPSA) is 45.7 Å². The van der Waals surface area contributed by atoms with Gasteiger partial charge in [-0.2, -0.15) is 0 Å². The van der Waals surface area contributed by atoms with E-state index in [0.717, 1.165) is 50.8 Å². The Morgan fingerprint density at radius 1 is 0.931 bits per heavy atom. The Kier molecular flexibility index (Phi) is 7.91. The highest BCUT2D eigenvalue weighted by Gasteiger charge is 2.18. The number of pyridine rings is 1. The number of hydrogen-bond acceptors (Lipinski definition) is 5. The molecule has 1 aliphatic rings. The number of nitrogens with zero attached hydrogens (tertiary/aromatic N) is 3. The molecule has 1 saturated heterocycles. The summed E-state index contributed by atoms with van der Waals surface area (Å²) < 4.78 is 5.87. The third-order valence-corrected chi connectivity index (χ3v) is 5.48. The molecule has 0 saturated carbocycles. The van der Waals surface area contributed by atoms with Crippen molar-refractivity contribution in [2.75, 3.05) is 42.6 Å². The summed E-state index contributed by atoms with van der Waals surface area (Å²) in [6, 6.07) is 12.3. The second-order valence-electron chi connectivity index (χ2n) is 7.69. The number of anilines is 2. The van der Waals surface area contributed by atoms with Crippen molar-refractivity contribution in [1.82, 2.24) is 4.98 Å². The standard InChI is InChI=1S/C24H33N3O2/c1-3-4-5-6-7-18-29-23-11-9-22(10-12-23)26-14-16-27(17-15-26)24-13-8-21(19-25-24)20(2)28/h8-13,19H,3-7,14-18H2,1-2H3. The fourth-order valence-corrected chi connectivity index (χ4v) is 3.62. The van der Waals surface area contributed by atoms with E-state index >= 15 is 0 Å². The molecule has 0 N–H and O–H groups in total. The number of unbranched alkanes of at least 4 members (excludes halogenated alkanes) is 4. The first kappa shape index (κ1) is 21.2. The zero-order valence-corrected chi connectivity index (χ0v) is 17.8. The predicted molar refractivity (Wildman–Crippen MR) is 119 cm³/mol. The second kappa shape index (κ2) is 10.8. The quantitative estimate of drug-likeness (QED) is 0.420. The number of aromatic nitrogens is 1. The molecule has 1 fully saturated rings. The lowest BCUT2D eigenvalue weighted by Crippen LogP contribution is -2.46. The van der Waals surface area contributed by atoms with Gasteiger partial charge in [-0.1, -0.05) is 32.6 Å². The van der Waals surface area contributed by atoms with Crippen LogP contribution in [0.2, 0.25) is 0 Å². The molecule has 0 unspecified atom stereocenters. The number of hydrogen-bond donors (Lipinski definition) is 0. The Hall–Kier alpha value is -2.56. The fourth-order valence-electron chi connectivity index (χ4n) is 3.62. The fraction of sp³-hybridized carbons (Fsp3) is 0.500. The van der Waals surface area contributed by atoms with E-state index in [2.05, 4.69) is 46.0 Å². The molecule has 0 amide bonds. The van der Waals surface area contributed by atoms with E-state index in [0.29, 0.717) is 5.56 Å². The maximum absolute atomic E-state index is 11.4. The summed E-state index contributed by atoms with van der Waals surface area (Å²) in [5, 5.41) is 0. The maximum Gasteiger partial charge on any atom is 0.161 e. The van der Waals surface area contributed by atoms with E-state index in [1.54, 1.807) is 13.1 Å². The van der Waals surface area contributed by atoms with Gasteiger partial charge < -0.3 is 14.5 Å². The van der Waals surface area contributed by atoms with Crippen molar-refractivity contribution in [3.05, 3.63) is 48.2 Å². The lowest BCUT2D eigenvalue weighted by molar-refractivity contribution is 0.101. The second-order valence-corrected chi connectivity index (χ2v) is 7.69. The summed E-state index contributed by atoms with van der Waals surface area (Å²) in [5.41, 5.74) is 1.90. The lowest BCUT2D eigenvalue weighted by atomic mass is 10.2. The van der Waals surface area contributed by atoms with Crippen molar-refractivity contribution in [2.24, 2.45) is 0 Å². The zero-order valence-electron chi connectivity index (χ0n) is 17.8. The summed E-state index contributed by atoms with van der Waals surface area (Å²) in [6.45, 7) is 8.35. The van der Waals surface area contributed by atoms with E-state index in [1.165, 1.54) is 31.4 Å². The number of carbonyl (C=O) groups excluding carboxylic acids is 1. The van der Waals surface area contributed by atoms with Gasteiger partial charge >= 0.3 is 0 Å². The van der Waals surface area contributed by atoms with E-state index in [4.69, 9.17) is 4.74 Å². The molecule has 2 aromatic rings. The summed E-state index contributed by atoms with van der Waals surface area (Å²) in [6.07, 6.45) is 7.96. The smallest absolute Gasteiger partial charge is 0.161 e. The molecule has 156 valence electrons. The van der Waals surface area contributed by atoms with Crippen LogP contribution in [0.15, 0.2) is 42.6 Å². The Bertz CT molecular complexity index is 751. The minimum atomic E-state index is 0.0535. The molecule has 3 rings (SSSR count). The van der Waals surface area contributed by atoms with Gasteiger partial charge in [0.1, 0.15) is 11.6 Å². The lowest BCUT2D eigenvalue weighted by Gasteiger charge is -2.36. The third-order valence-electron chi connectivity index (χ3n) is 5.48. The van der Waals surface area contributed by atoms with Crippen LogP contribution in [-0.4, -0.2) is 43.6 Å². The number of Topliss-reactive ketones (excluding diaryl/α,β-unsaturated/α-hetero) is 1. The van der Waals surface area contributed by atoms with E-state index in [9.17, 15) is 4.79 Å². The van der Waals surface area contributed by atoms with Crippen molar-refractivity contribution in [3.63, 3.8) is 0 Å². The first-order valence-corrected chi connectivity index (χ1v) is 10.9. The molecular formula is C24H33N3O2. The van der Waals surface area contributed by atoms with Crippen LogP contribution in [0.3, 0.4) is 0 Å². The van der Waals surface area contributed by atoms with E-state index in [-0.39, 0.29) is 5.78 Å². The summed E-state index contributed by atoms with van der Waals surface area (Å²) in [5.74, 6) is 1.95. The molecule has 2 heterocycles. The van der Waals surface area contributed by atoms with Crippen molar-refractivity contribution < 1.29 is 9.53 Å². The van der Waals surface area contributed by atoms with Crippen LogP contribution in [0, 0.1) is 0 Å². The van der Waals surface area contributed by atoms with Crippen LogP contribution in [0.1, 0.15) is 56.3 Å². The van der Waals surface area contributed by atoms with E-state index < -0.39 is 0 Å².